The molecule has 304 valence electrons. The lowest BCUT2D eigenvalue weighted by atomic mass is 9.72. The van der Waals surface area contributed by atoms with E-state index in [1.165, 1.54) is 42.5 Å². The minimum Gasteiger partial charge on any atom is -0.358 e. The van der Waals surface area contributed by atoms with E-state index >= 15 is 0 Å². The summed E-state index contributed by atoms with van der Waals surface area (Å²) in [6.07, 6.45) is -4.77. The average Bonchev–Trinajstić information content (AvgIpc) is 3.55. The van der Waals surface area contributed by atoms with Gasteiger partial charge in [0, 0.05) is 54.2 Å². The summed E-state index contributed by atoms with van der Waals surface area (Å²) in [4.78, 5) is 71.9. The van der Waals surface area contributed by atoms with Crippen molar-refractivity contribution in [3.63, 3.8) is 0 Å². The monoisotopic (exact) mass is 794 g/mol. The highest BCUT2D eigenvalue weighted by Crippen LogP contribution is 2.41. The fraction of sp³-hybridized carbons (Fsp3) is 0.419. The highest BCUT2D eigenvalue weighted by atomic mass is 19.4. The van der Waals surface area contributed by atoms with Gasteiger partial charge in [0.05, 0.1) is 11.1 Å². The topological polar surface area (TPSA) is 137 Å². The molecule has 1 aliphatic carbocycles. The van der Waals surface area contributed by atoms with Gasteiger partial charge in [0.1, 0.15) is 23.0 Å². The van der Waals surface area contributed by atoms with Gasteiger partial charge in [0.25, 0.3) is 5.91 Å². The Kier molecular flexibility index (Phi) is 13.4. The van der Waals surface area contributed by atoms with Crippen molar-refractivity contribution in [3.8, 4) is 0 Å². The molecule has 0 fully saturated rings. The van der Waals surface area contributed by atoms with E-state index in [2.05, 4.69) is 21.2 Å². The zero-order valence-corrected chi connectivity index (χ0v) is 32.2. The summed E-state index contributed by atoms with van der Waals surface area (Å²) in [7, 11) is 0. The first kappa shape index (κ1) is 42.7. The Balaban J connectivity index is 1.48. The maximum atomic E-state index is 14.8. The highest BCUT2D eigenvalue weighted by Gasteiger charge is 2.47. The largest absolute Gasteiger partial charge is 0.418 e. The van der Waals surface area contributed by atoms with Crippen LogP contribution in [0.25, 0.3) is 10.9 Å². The van der Waals surface area contributed by atoms with Gasteiger partial charge in [0.2, 0.25) is 11.8 Å². The number of halogens is 5. The molecule has 0 aliphatic heterocycles. The molecule has 3 aromatic carbocycles. The van der Waals surface area contributed by atoms with Gasteiger partial charge in [-0.25, -0.2) is 8.78 Å². The van der Waals surface area contributed by atoms with E-state index in [4.69, 9.17) is 0 Å². The van der Waals surface area contributed by atoms with Gasteiger partial charge in [0.15, 0.2) is 5.78 Å². The second-order valence-electron chi connectivity index (χ2n) is 15.1. The van der Waals surface area contributed by atoms with Gasteiger partial charge < -0.3 is 10.3 Å². The van der Waals surface area contributed by atoms with Crippen LogP contribution < -0.4 is 16.2 Å². The molecule has 0 radical (unpaired) electrons. The predicted octanol–water partition coefficient (Wildman–Crippen LogP) is 7.76. The predicted molar refractivity (Wildman–Crippen MR) is 203 cm³/mol. The molecule has 0 spiro atoms. The minimum atomic E-state index is -4.67. The second-order valence-corrected chi connectivity index (χ2v) is 15.1. The number of fused-ring (bicyclic) bond motifs is 3. The number of hydrogen-bond donors (Lipinski definition) is 4. The lowest BCUT2D eigenvalue weighted by molar-refractivity contribution is -0.139. The van der Waals surface area contributed by atoms with Crippen molar-refractivity contribution in [1.82, 2.24) is 21.2 Å². The van der Waals surface area contributed by atoms with E-state index in [9.17, 15) is 45.9 Å². The molecule has 4 N–H and O–H groups in total. The number of para-hydroxylation sites is 1. The van der Waals surface area contributed by atoms with Crippen LogP contribution in [0.3, 0.4) is 0 Å². The van der Waals surface area contributed by atoms with Crippen molar-refractivity contribution < 1.29 is 45.9 Å². The van der Waals surface area contributed by atoms with Gasteiger partial charge in [-0.2, -0.15) is 13.2 Å². The van der Waals surface area contributed by atoms with Gasteiger partial charge in [-0.1, -0.05) is 70.9 Å². The first-order valence-electron chi connectivity index (χ1n) is 19.1. The van der Waals surface area contributed by atoms with Crippen LogP contribution in [-0.4, -0.2) is 39.8 Å². The summed E-state index contributed by atoms with van der Waals surface area (Å²) in [5, 5.41) is 3.20. The molecule has 5 rings (SSSR count). The normalized spacial score (nSPS) is 17.5. The number of Topliss-reactive ketones (excluding diaryl/α,β-unsaturated/α-hetero) is 2. The number of aryl methyl sites for hydroxylation is 1. The molecule has 0 bridgehead atoms. The quantitative estimate of drug-likeness (QED) is 0.0721. The van der Waals surface area contributed by atoms with Crippen LogP contribution in [0.15, 0.2) is 66.7 Å². The van der Waals surface area contributed by atoms with Crippen LogP contribution in [0.4, 0.5) is 22.0 Å². The number of carbonyl (C=O) groups excluding carboxylic acids is 5. The van der Waals surface area contributed by atoms with Crippen LogP contribution in [0.5, 0.6) is 0 Å². The zero-order chi connectivity index (χ0) is 41.7. The summed E-state index contributed by atoms with van der Waals surface area (Å²) in [6.45, 7) is 7.20. The van der Waals surface area contributed by atoms with E-state index in [1.54, 1.807) is 19.9 Å². The Labute approximate surface area is 327 Å². The van der Waals surface area contributed by atoms with Crippen molar-refractivity contribution >= 4 is 40.2 Å². The molecular weight excluding hydrogens is 747 g/mol. The van der Waals surface area contributed by atoms with Crippen molar-refractivity contribution in [1.29, 1.82) is 0 Å². The average molecular weight is 795 g/mol. The molecule has 1 heterocycles. The minimum absolute atomic E-state index is 0.0225. The Morgan fingerprint density at radius 3 is 2.09 bits per heavy atom. The number of aromatic amines is 1. The SMILES string of the molecule is CCC(C)[C@H](CC(=O)[C@@]1(NC(=O)[C@@H](CC(=O)Cc2ccccc2F)C(C)CC)CCc2[nH]c3c(C(F)(F)F)cccc3c2C1)C(=O)NNC(=O)c1ccc(F)cc1. The summed E-state index contributed by atoms with van der Waals surface area (Å²) in [5.41, 5.74) is 3.10. The Bertz CT molecular complexity index is 2130. The number of rotatable bonds is 15. The Hall–Kier alpha value is -5.40. The van der Waals surface area contributed by atoms with Crippen molar-refractivity contribution in [2.24, 2.45) is 23.7 Å². The number of benzene rings is 3. The summed E-state index contributed by atoms with van der Waals surface area (Å²) in [6, 6.07) is 14.2. The number of H-pyrrole nitrogens is 1. The fourth-order valence-corrected chi connectivity index (χ4v) is 7.58. The molecule has 0 saturated carbocycles. The molecule has 3 amide bonds. The fourth-order valence-electron chi connectivity index (χ4n) is 7.58. The molecule has 4 aromatic rings. The number of hydrogen-bond acceptors (Lipinski definition) is 5. The van der Waals surface area contributed by atoms with Gasteiger partial charge >= 0.3 is 6.18 Å². The standard InChI is InChI=1S/C43H47F5N4O5/c1-5-24(3)31(21-29(53)20-27-10-7-8-13-35(27)45)40(56)50-42(19-18-36-33(23-42)30-11-9-12-34(38(30)49-36)43(46,47)48)37(54)22-32(25(4)6-2)41(57)52-51-39(55)26-14-16-28(44)17-15-26/h7-17,24-25,31-32,49H,5-6,18-23H2,1-4H3,(H,50,56)(H,51,55)(H,52,57)/t24?,25?,31-,32-,42+/m0/s1. The van der Waals surface area contributed by atoms with E-state index in [1.807, 2.05) is 13.8 Å². The van der Waals surface area contributed by atoms with Crippen LogP contribution >= 0.6 is 0 Å². The summed E-state index contributed by atoms with van der Waals surface area (Å²) < 4.78 is 70.1. The third-order valence-electron chi connectivity index (χ3n) is 11.5. The number of aromatic nitrogens is 1. The summed E-state index contributed by atoms with van der Waals surface area (Å²) in [5.74, 6) is -6.79. The number of carbonyl (C=O) groups is 5. The molecule has 2 unspecified atom stereocenters. The molecule has 0 saturated heterocycles. The number of alkyl halides is 3. The smallest absolute Gasteiger partial charge is 0.358 e. The number of amides is 3. The van der Waals surface area contributed by atoms with Crippen molar-refractivity contribution in [3.05, 3.63) is 106 Å². The van der Waals surface area contributed by atoms with Crippen LogP contribution in [0.2, 0.25) is 0 Å². The lowest BCUT2D eigenvalue weighted by Crippen LogP contribution is -2.60. The third-order valence-corrected chi connectivity index (χ3v) is 11.5. The third kappa shape index (κ3) is 9.77. The molecule has 5 atom stereocenters. The lowest BCUT2D eigenvalue weighted by Gasteiger charge is -2.39. The Morgan fingerprint density at radius 1 is 0.807 bits per heavy atom. The summed E-state index contributed by atoms with van der Waals surface area (Å²) >= 11 is 0. The molecule has 57 heavy (non-hydrogen) atoms. The van der Waals surface area contributed by atoms with Crippen LogP contribution in [-0.2, 0) is 44.6 Å². The maximum absolute atomic E-state index is 14.8. The second kappa shape index (κ2) is 17.8. The van der Waals surface area contributed by atoms with E-state index in [0.717, 1.165) is 18.2 Å². The zero-order valence-electron chi connectivity index (χ0n) is 32.2. The van der Waals surface area contributed by atoms with E-state index in [-0.39, 0.29) is 65.8 Å². The van der Waals surface area contributed by atoms with E-state index < -0.39 is 76.6 Å². The van der Waals surface area contributed by atoms with Gasteiger partial charge in [-0.3, -0.25) is 34.8 Å². The molecule has 1 aromatic heterocycles. The molecular formula is C43H47F5N4O5. The van der Waals surface area contributed by atoms with Gasteiger partial charge in [-0.05, 0) is 72.2 Å². The van der Waals surface area contributed by atoms with E-state index in [0.29, 0.717) is 24.1 Å². The first-order chi connectivity index (χ1) is 27.0. The van der Waals surface area contributed by atoms with Crippen LogP contribution in [0.1, 0.15) is 92.5 Å². The van der Waals surface area contributed by atoms with Crippen molar-refractivity contribution in [2.45, 2.75) is 90.8 Å². The van der Waals surface area contributed by atoms with Gasteiger partial charge in [-0.15, -0.1) is 0 Å². The number of ketones is 2. The van der Waals surface area contributed by atoms with Crippen molar-refractivity contribution in [2.75, 3.05) is 0 Å². The maximum Gasteiger partial charge on any atom is 0.418 e. The van der Waals surface area contributed by atoms with Crippen LogP contribution in [0, 0.1) is 35.3 Å². The number of hydrazine groups is 1. The Morgan fingerprint density at radius 2 is 1.46 bits per heavy atom. The number of nitrogens with one attached hydrogen (secondary N) is 4. The molecule has 1 aliphatic rings. The first-order valence-corrected chi connectivity index (χ1v) is 19.1. The molecule has 9 nitrogen and oxygen atoms in total. The highest BCUT2D eigenvalue weighted by molar-refractivity contribution is 6.00. The molecule has 14 heteroatoms.